The maximum Gasteiger partial charge on any atom is 0.267 e. The molecule has 7 nitrogen and oxygen atoms in total. The molecule has 1 aliphatic heterocycles. The van der Waals surface area contributed by atoms with Crippen molar-refractivity contribution < 1.29 is 9.21 Å². The van der Waals surface area contributed by atoms with Gasteiger partial charge in [0.15, 0.2) is 0 Å². The van der Waals surface area contributed by atoms with Gasteiger partial charge in [-0.05, 0) is 43.5 Å². The normalized spacial score (nSPS) is 16.3. The van der Waals surface area contributed by atoms with E-state index < -0.39 is 0 Å². The predicted molar refractivity (Wildman–Crippen MR) is 108 cm³/mol. The fraction of sp³-hybridized carbons (Fsp3) is 0.333. The Balaban J connectivity index is 1.47. The number of halogens is 1. The van der Waals surface area contributed by atoms with E-state index in [0.717, 1.165) is 24.2 Å². The third-order valence-corrected chi connectivity index (χ3v) is 5.26. The Morgan fingerprint density at radius 3 is 2.83 bits per heavy atom. The van der Waals surface area contributed by atoms with Crippen LogP contribution in [-0.4, -0.2) is 32.1 Å². The molecule has 3 heterocycles. The predicted octanol–water partition coefficient (Wildman–Crippen LogP) is 3.15. The lowest BCUT2D eigenvalue weighted by Crippen LogP contribution is -2.37. The van der Waals surface area contributed by atoms with Crippen molar-refractivity contribution in [3.63, 3.8) is 0 Å². The molecule has 0 spiro atoms. The zero-order chi connectivity index (χ0) is 20.4. The van der Waals surface area contributed by atoms with Crippen molar-refractivity contribution in [3.05, 3.63) is 80.9 Å². The maximum absolute atomic E-state index is 12.8. The van der Waals surface area contributed by atoms with Gasteiger partial charge >= 0.3 is 0 Å². The number of benzene rings is 1. The van der Waals surface area contributed by atoms with Gasteiger partial charge in [0.2, 0.25) is 11.8 Å². The number of aromatic nitrogens is 3. The largest absolute Gasteiger partial charge is 0.443 e. The van der Waals surface area contributed by atoms with E-state index in [-0.39, 0.29) is 24.1 Å². The number of likely N-dealkylation sites (tertiary alicyclic amines) is 1. The molecule has 0 aliphatic carbocycles. The highest BCUT2D eigenvalue weighted by Gasteiger charge is 2.33. The van der Waals surface area contributed by atoms with Crippen molar-refractivity contribution in [3.8, 4) is 0 Å². The Labute approximate surface area is 172 Å². The van der Waals surface area contributed by atoms with Crippen LogP contribution in [0.25, 0.3) is 0 Å². The van der Waals surface area contributed by atoms with Crippen LogP contribution < -0.4 is 5.56 Å². The van der Waals surface area contributed by atoms with E-state index in [1.807, 2.05) is 24.3 Å². The van der Waals surface area contributed by atoms with Gasteiger partial charge in [0.25, 0.3) is 5.56 Å². The molecule has 150 valence electrons. The van der Waals surface area contributed by atoms with Gasteiger partial charge in [-0.3, -0.25) is 9.59 Å². The first-order valence-electron chi connectivity index (χ1n) is 9.53. The second-order valence-corrected chi connectivity index (χ2v) is 7.62. The van der Waals surface area contributed by atoms with E-state index in [1.165, 1.54) is 10.7 Å². The second-order valence-electron chi connectivity index (χ2n) is 7.18. The Morgan fingerprint density at radius 1 is 1.24 bits per heavy atom. The lowest BCUT2D eigenvalue weighted by molar-refractivity contribution is -0.133. The Bertz CT molecular complexity index is 1070. The van der Waals surface area contributed by atoms with E-state index in [2.05, 4.69) is 10.1 Å². The highest BCUT2D eigenvalue weighted by molar-refractivity contribution is 6.30. The molecule has 0 N–H and O–H groups in total. The molecule has 29 heavy (non-hydrogen) atoms. The second kappa shape index (κ2) is 8.21. The molecule has 0 radical (unpaired) electrons. The maximum atomic E-state index is 12.8. The number of nitrogens with zero attached hydrogens (tertiary/aromatic N) is 4. The van der Waals surface area contributed by atoms with Gasteiger partial charge in [-0.1, -0.05) is 23.7 Å². The molecule has 2 aromatic heterocycles. The van der Waals surface area contributed by atoms with Crippen molar-refractivity contribution in [2.24, 2.45) is 0 Å². The van der Waals surface area contributed by atoms with Crippen molar-refractivity contribution in [1.82, 2.24) is 19.7 Å². The van der Waals surface area contributed by atoms with Crippen LogP contribution in [0.4, 0.5) is 0 Å². The van der Waals surface area contributed by atoms with Gasteiger partial charge in [-0.15, -0.1) is 0 Å². The molecule has 3 aromatic rings. The van der Waals surface area contributed by atoms with E-state index in [0.29, 0.717) is 29.6 Å². The average Bonchev–Trinajstić information content (AvgIpc) is 3.36. The lowest BCUT2D eigenvalue weighted by atomic mass is 10.1. The molecule has 0 unspecified atom stereocenters. The van der Waals surface area contributed by atoms with Gasteiger partial charge in [-0.25, -0.2) is 9.67 Å². The summed E-state index contributed by atoms with van der Waals surface area (Å²) in [5.74, 6) is 1.10. The van der Waals surface area contributed by atoms with Gasteiger partial charge < -0.3 is 9.32 Å². The summed E-state index contributed by atoms with van der Waals surface area (Å²) in [6.07, 6.45) is 3.95. The molecule has 1 aliphatic rings. The highest BCUT2D eigenvalue weighted by atomic mass is 35.5. The average molecular weight is 413 g/mol. The minimum absolute atomic E-state index is 0.0879. The van der Waals surface area contributed by atoms with Crippen molar-refractivity contribution >= 4 is 17.5 Å². The fourth-order valence-corrected chi connectivity index (χ4v) is 3.69. The van der Waals surface area contributed by atoms with Crippen LogP contribution in [0.2, 0.25) is 5.02 Å². The Kier molecular flexibility index (Phi) is 5.49. The van der Waals surface area contributed by atoms with E-state index >= 15 is 0 Å². The van der Waals surface area contributed by atoms with Crippen LogP contribution in [0.5, 0.6) is 0 Å². The van der Waals surface area contributed by atoms with Gasteiger partial charge in [-0.2, -0.15) is 5.10 Å². The number of oxazole rings is 1. The third-order valence-electron chi connectivity index (χ3n) is 5.01. The molecular weight excluding hydrogens is 392 g/mol. The van der Waals surface area contributed by atoms with Crippen LogP contribution in [0.3, 0.4) is 0 Å². The quantitative estimate of drug-likeness (QED) is 0.643. The summed E-state index contributed by atoms with van der Waals surface area (Å²) in [5, 5.41) is 4.84. The number of carbonyl (C=O) groups is 1. The zero-order valence-corrected chi connectivity index (χ0v) is 16.8. The molecule has 1 aromatic carbocycles. The first-order valence-corrected chi connectivity index (χ1v) is 9.91. The Morgan fingerprint density at radius 2 is 2.03 bits per heavy atom. The molecule has 1 amide bonds. The molecule has 1 fully saturated rings. The summed E-state index contributed by atoms with van der Waals surface area (Å²) in [5.41, 5.74) is 1.47. The minimum Gasteiger partial charge on any atom is -0.443 e. The SMILES string of the molecule is Cc1ccc(=O)n(CC(=O)N2CCC[C@H]2c2ncc(Cc3ccc(Cl)cc3)o2)n1. The number of amides is 1. The molecule has 0 bridgehead atoms. The topological polar surface area (TPSA) is 81.2 Å². The van der Waals surface area contributed by atoms with Crippen molar-refractivity contribution in [2.45, 2.75) is 38.8 Å². The monoisotopic (exact) mass is 412 g/mol. The van der Waals surface area contributed by atoms with E-state index in [1.54, 1.807) is 24.1 Å². The molecular formula is C21H21ClN4O3. The third kappa shape index (κ3) is 4.40. The fourth-order valence-electron chi connectivity index (χ4n) is 3.57. The van der Waals surface area contributed by atoms with Crippen molar-refractivity contribution in [1.29, 1.82) is 0 Å². The number of hydrogen-bond donors (Lipinski definition) is 0. The van der Waals surface area contributed by atoms with Crippen LogP contribution in [-0.2, 0) is 17.8 Å². The van der Waals surface area contributed by atoms with Crippen LogP contribution in [0, 0.1) is 6.92 Å². The smallest absolute Gasteiger partial charge is 0.267 e. The van der Waals surface area contributed by atoms with Crippen LogP contribution in [0.1, 0.15) is 41.8 Å². The number of hydrogen-bond acceptors (Lipinski definition) is 5. The number of rotatable bonds is 5. The summed E-state index contributed by atoms with van der Waals surface area (Å²) in [4.78, 5) is 30.9. The molecule has 1 saturated heterocycles. The molecule has 4 rings (SSSR count). The first-order chi connectivity index (χ1) is 14.0. The number of aryl methyl sites for hydroxylation is 1. The summed E-state index contributed by atoms with van der Waals surface area (Å²) in [6.45, 7) is 2.31. The molecule has 8 heteroatoms. The van der Waals surface area contributed by atoms with E-state index in [4.69, 9.17) is 16.0 Å². The van der Waals surface area contributed by atoms with E-state index in [9.17, 15) is 9.59 Å². The lowest BCUT2D eigenvalue weighted by Gasteiger charge is -2.22. The standard InChI is InChI=1S/C21H21ClN4O3/c1-14-4-9-19(27)26(24-14)13-20(28)25-10-2-3-18(25)21-23-12-17(29-21)11-15-5-7-16(22)8-6-15/h4-9,12,18H,2-3,10-11,13H2,1H3/t18-/m0/s1. The van der Waals surface area contributed by atoms with Gasteiger partial charge in [0.1, 0.15) is 18.3 Å². The summed E-state index contributed by atoms with van der Waals surface area (Å²) >= 11 is 5.93. The zero-order valence-electron chi connectivity index (χ0n) is 16.0. The van der Waals surface area contributed by atoms with Crippen LogP contribution in [0.15, 0.2) is 51.8 Å². The van der Waals surface area contributed by atoms with Crippen LogP contribution >= 0.6 is 11.6 Å². The number of carbonyl (C=O) groups excluding carboxylic acids is 1. The highest BCUT2D eigenvalue weighted by Crippen LogP contribution is 2.32. The van der Waals surface area contributed by atoms with Gasteiger partial charge in [0, 0.05) is 24.1 Å². The van der Waals surface area contributed by atoms with Crippen molar-refractivity contribution in [2.75, 3.05) is 6.54 Å². The first kappa shape index (κ1) is 19.4. The molecule has 1 atom stereocenters. The Hall–Kier alpha value is -2.93. The van der Waals surface area contributed by atoms with Gasteiger partial charge in [0.05, 0.1) is 11.9 Å². The summed E-state index contributed by atoms with van der Waals surface area (Å²) in [6, 6.07) is 10.4. The summed E-state index contributed by atoms with van der Waals surface area (Å²) in [7, 11) is 0. The minimum atomic E-state index is -0.291. The molecule has 0 saturated carbocycles. The summed E-state index contributed by atoms with van der Waals surface area (Å²) < 4.78 is 7.16.